The zero-order chi connectivity index (χ0) is 12.3. The minimum absolute atomic E-state index is 0. The number of hydrogen-bond donors (Lipinski definition) is 2. The van der Waals surface area contributed by atoms with Crippen LogP contribution >= 0.6 is 36.2 Å². The number of carbonyl (C=O) groups excluding carboxylic acids is 1. The van der Waals surface area contributed by atoms with Crippen LogP contribution in [0.2, 0.25) is 0 Å². The van der Waals surface area contributed by atoms with Crippen LogP contribution in [0, 0.1) is 13.8 Å². The fourth-order valence-corrected chi connectivity index (χ4v) is 2.32. The van der Waals surface area contributed by atoms with Crippen LogP contribution in [-0.4, -0.2) is 24.5 Å². The van der Waals surface area contributed by atoms with Gasteiger partial charge in [0.1, 0.15) is 5.01 Å². The molecule has 0 radical (unpaired) electrons. The lowest BCUT2D eigenvalue weighted by atomic mass is 10.1. The first-order valence-corrected chi connectivity index (χ1v) is 6.08. The third kappa shape index (κ3) is 5.10. The molecule has 1 rings (SSSR count). The van der Waals surface area contributed by atoms with Gasteiger partial charge in [-0.3, -0.25) is 4.79 Å². The van der Waals surface area contributed by atoms with E-state index in [4.69, 9.17) is 0 Å². The van der Waals surface area contributed by atoms with Gasteiger partial charge >= 0.3 is 0 Å². The second-order valence-corrected chi connectivity index (χ2v) is 5.57. The lowest BCUT2D eigenvalue weighted by Crippen LogP contribution is -2.44. The van der Waals surface area contributed by atoms with E-state index in [-0.39, 0.29) is 30.7 Å². The van der Waals surface area contributed by atoms with E-state index in [1.54, 1.807) is 18.4 Å². The van der Waals surface area contributed by atoms with E-state index in [1.165, 1.54) is 4.88 Å². The van der Waals surface area contributed by atoms with Crippen molar-refractivity contribution < 1.29 is 4.79 Å². The van der Waals surface area contributed by atoms with Crippen LogP contribution in [0.4, 0.5) is 0 Å². The number of halogens is 2. The van der Waals surface area contributed by atoms with Gasteiger partial charge in [0.15, 0.2) is 0 Å². The summed E-state index contributed by atoms with van der Waals surface area (Å²) >= 11 is 1.64. The SMILES string of the molecule is CNCC(=O)NC(C)(C)c1nc(C)c(C)s1.Cl.Cl. The number of nitrogens with zero attached hydrogens (tertiary/aromatic N) is 1. The zero-order valence-electron chi connectivity index (χ0n) is 11.3. The summed E-state index contributed by atoms with van der Waals surface area (Å²) in [6, 6.07) is 0. The summed E-state index contributed by atoms with van der Waals surface area (Å²) < 4.78 is 0. The van der Waals surface area contributed by atoms with Crippen LogP contribution in [0.3, 0.4) is 0 Å². The Labute approximate surface area is 125 Å². The van der Waals surface area contributed by atoms with Gasteiger partial charge in [0.05, 0.1) is 17.8 Å². The molecule has 0 saturated carbocycles. The normalized spacial score (nSPS) is 10.3. The Bertz CT molecular complexity index is 374. The number of thiazole rings is 1. The molecule has 7 heteroatoms. The summed E-state index contributed by atoms with van der Waals surface area (Å²) in [7, 11) is 1.75. The predicted molar refractivity (Wildman–Crippen MR) is 81.2 cm³/mol. The van der Waals surface area contributed by atoms with E-state index in [9.17, 15) is 4.79 Å². The smallest absolute Gasteiger partial charge is 0.234 e. The molecule has 2 N–H and O–H groups in total. The molecule has 1 heterocycles. The number of rotatable bonds is 4. The summed E-state index contributed by atoms with van der Waals surface area (Å²) in [5.41, 5.74) is 0.633. The van der Waals surface area contributed by atoms with Gasteiger partial charge in [0, 0.05) is 4.88 Å². The van der Waals surface area contributed by atoms with Crippen LogP contribution in [0.15, 0.2) is 0 Å². The molecule has 0 aromatic carbocycles. The fourth-order valence-electron chi connectivity index (χ4n) is 1.35. The van der Waals surface area contributed by atoms with Crippen LogP contribution < -0.4 is 10.6 Å². The highest BCUT2D eigenvalue weighted by molar-refractivity contribution is 7.11. The van der Waals surface area contributed by atoms with Crippen molar-refractivity contribution in [3.8, 4) is 0 Å². The average Bonchev–Trinajstić information content (AvgIpc) is 2.47. The Morgan fingerprint density at radius 2 is 1.89 bits per heavy atom. The van der Waals surface area contributed by atoms with Gasteiger partial charge in [0.25, 0.3) is 0 Å². The van der Waals surface area contributed by atoms with Gasteiger partial charge in [-0.05, 0) is 34.7 Å². The van der Waals surface area contributed by atoms with E-state index in [2.05, 4.69) is 15.6 Å². The molecule has 0 aliphatic heterocycles. The van der Waals surface area contributed by atoms with Crippen molar-refractivity contribution >= 4 is 42.1 Å². The highest BCUT2D eigenvalue weighted by atomic mass is 35.5. The highest BCUT2D eigenvalue weighted by Gasteiger charge is 2.26. The fraction of sp³-hybridized carbons (Fsp3) is 0.636. The van der Waals surface area contributed by atoms with E-state index < -0.39 is 5.54 Å². The summed E-state index contributed by atoms with van der Waals surface area (Å²) in [6.45, 7) is 8.30. The van der Waals surface area contributed by atoms with E-state index in [0.717, 1.165) is 10.7 Å². The number of nitrogens with one attached hydrogen (secondary N) is 2. The number of amides is 1. The molecule has 1 aromatic heterocycles. The average molecular weight is 314 g/mol. The van der Waals surface area contributed by atoms with Crippen molar-refractivity contribution in [2.24, 2.45) is 0 Å². The number of aromatic nitrogens is 1. The lowest BCUT2D eigenvalue weighted by Gasteiger charge is -2.23. The third-order valence-electron chi connectivity index (χ3n) is 2.35. The van der Waals surface area contributed by atoms with Gasteiger partial charge in [-0.15, -0.1) is 36.2 Å². The number of hydrogen-bond acceptors (Lipinski definition) is 4. The van der Waals surface area contributed by atoms with Crippen molar-refractivity contribution in [2.75, 3.05) is 13.6 Å². The summed E-state index contributed by atoms with van der Waals surface area (Å²) in [5.74, 6) is -0.0157. The number of carbonyl (C=O) groups is 1. The van der Waals surface area contributed by atoms with Crippen LogP contribution in [0.1, 0.15) is 29.4 Å². The Balaban J connectivity index is 0. The van der Waals surface area contributed by atoms with E-state index >= 15 is 0 Å². The molecule has 4 nitrogen and oxygen atoms in total. The second kappa shape index (κ2) is 7.94. The molecule has 0 aliphatic rings. The Hall–Kier alpha value is -0.360. The van der Waals surface area contributed by atoms with Gasteiger partial charge in [-0.25, -0.2) is 4.98 Å². The highest BCUT2D eigenvalue weighted by Crippen LogP contribution is 2.26. The molecule has 0 fully saturated rings. The molecular formula is C11H21Cl2N3OS. The first-order chi connectivity index (χ1) is 7.36. The summed E-state index contributed by atoms with van der Waals surface area (Å²) in [5, 5.41) is 6.74. The van der Waals surface area contributed by atoms with Gasteiger partial charge in [-0.2, -0.15) is 0 Å². The molecule has 0 saturated heterocycles. The van der Waals surface area contributed by atoms with Crippen molar-refractivity contribution in [2.45, 2.75) is 33.2 Å². The quantitative estimate of drug-likeness (QED) is 0.895. The molecule has 1 aromatic rings. The number of aryl methyl sites for hydroxylation is 2. The molecule has 0 aliphatic carbocycles. The van der Waals surface area contributed by atoms with Gasteiger partial charge < -0.3 is 10.6 Å². The Morgan fingerprint density at radius 1 is 1.33 bits per heavy atom. The minimum atomic E-state index is -0.405. The summed E-state index contributed by atoms with van der Waals surface area (Å²) in [6.07, 6.45) is 0. The minimum Gasteiger partial charge on any atom is -0.344 e. The largest absolute Gasteiger partial charge is 0.344 e. The molecule has 1 amide bonds. The molecule has 106 valence electrons. The summed E-state index contributed by atoms with van der Waals surface area (Å²) in [4.78, 5) is 17.2. The molecular weight excluding hydrogens is 293 g/mol. The molecule has 0 bridgehead atoms. The van der Waals surface area contributed by atoms with Gasteiger partial charge in [0.2, 0.25) is 5.91 Å². The van der Waals surface area contributed by atoms with Crippen molar-refractivity contribution in [3.05, 3.63) is 15.6 Å². The van der Waals surface area contributed by atoms with Crippen LogP contribution in [0.25, 0.3) is 0 Å². The van der Waals surface area contributed by atoms with Crippen molar-refractivity contribution in [3.63, 3.8) is 0 Å². The zero-order valence-corrected chi connectivity index (χ0v) is 13.7. The van der Waals surface area contributed by atoms with Crippen LogP contribution in [0.5, 0.6) is 0 Å². The Kier molecular flexibility index (Phi) is 8.81. The first-order valence-electron chi connectivity index (χ1n) is 5.27. The monoisotopic (exact) mass is 313 g/mol. The predicted octanol–water partition coefficient (Wildman–Crippen LogP) is 2.17. The lowest BCUT2D eigenvalue weighted by molar-refractivity contribution is -0.121. The van der Waals surface area contributed by atoms with Crippen molar-refractivity contribution in [1.82, 2.24) is 15.6 Å². The molecule has 0 atom stereocenters. The van der Waals surface area contributed by atoms with Crippen LogP contribution in [-0.2, 0) is 10.3 Å². The topological polar surface area (TPSA) is 54.0 Å². The maximum atomic E-state index is 11.5. The second-order valence-electron chi connectivity index (χ2n) is 4.36. The Morgan fingerprint density at radius 3 is 2.28 bits per heavy atom. The molecule has 0 unspecified atom stereocenters. The third-order valence-corrected chi connectivity index (χ3v) is 3.75. The maximum Gasteiger partial charge on any atom is 0.234 e. The van der Waals surface area contributed by atoms with E-state index in [1.807, 2.05) is 27.7 Å². The standard InChI is InChI=1S/C11H19N3OS.2ClH/c1-7-8(2)16-10(13-7)11(3,4)14-9(15)6-12-5;;/h12H,6H2,1-5H3,(H,14,15);2*1H. The van der Waals surface area contributed by atoms with E-state index in [0.29, 0.717) is 6.54 Å². The molecule has 18 heavy (non-hydrogen) atoms. The van der Waals surface area contributed by atoms with Gasteiger partial charge in [-0.1, -0.05) is 0 Å². The first kappa shape index (κ1) is 20.0. The van der Waals surface area contributed by atoms with Crippen molar-refractivity contribution in [1.29, 1.82) is 0 Å². The molecule has 0 spiro atoms. The maximum absolute atomic E-state index is 11.5. The number of likely N-dealkylation sites (N-methyl/N-ethyl adjacent to an activating group) is 1.